The fraction of sp³-hybridized carbons (Fsp3) is 0.312. The van der Waals surface area contributed by atoms with Crippen LogP contribution in [-0.4, -0.2) is 48.3 Å². The molecule has 0 radical (unpaired) electrons. The van der Waals surface area contributed by atoms with Crippen LogP contribution in [0.5, 0.6) is 0 Å². The summed E-state index contributed by atoms with van der Waals surface area (Å²) in [6.07, 6.45) is 0. The van der Waals surface area contributed by atoms with Gasteiger partial charge in [-0.15, -0.1) is 11.3 Å². The van der Waals surface area contributed by atoms with Gasteiger partial charge < -0.3 is 14.7 Å². The summed E-state index contributed by atoms with van der Waals surface area (Å²) in [6, 6.07) is 11.5. The van der Waals surface area contributed by atoms with Gasteiger partial charge in [0.15, 0.2) is 0 Å². The van der Waals surface area contributed by atoms with Crippen molar-refractivity contribution >= 4 is 17.2 Å². The van der Waals surface area contributed by atoms with Crippen LogP contribution in [0, 0.1) is 0 Å². The summed E-state index contributed by atoms with van der Waals surface area (Å²) in [5.41, 5.74) is 1.76. The van der Waals surface area contributed by atoms with Gasteiger partial charge in [-0.05, 0) is 29.1 Å². The van der Waals surface area contributed by atoms with Crippen molar-refractivity contribution in [1.29, 1.82) is 0 Å². The summed E-state index contributed by atoms with van der Waals surface area (Å²) in [7, 11) is 0. The zero-order valence-corrected chi connectivity index (χ0v) is 12.4. The van der Waals surface area contributed by atoms with Gasteiger partial charge in [0.1, 0.15) is 0 Å². The molecule has 0 saturated carbocycles. The lowest BCUT2D eigenvalue weighted by molar-refractivity contribution is -0.0183. The molecule has 110 valence electrons. The van der Waals surface area contributed by atoms with E-state index >= 15 is 0 Å². The monoisotopic (exact) mass is 303 g/mol. The first-order valence-electron chi connectivity index (χ1n) is 6.93. The molecular formula is C16H17NO3S. The van der Waals surface area contributed by atoms with Gasteiger partial charge in [-0.25, -0.2) is 0 Å². The Hall–Kier alpha value is -1.69. The second kappa shape index (κ2) is 6.39. The summed E-state index contributed by atoms with van der Waals surface area (Å²) in [5.74, 6) is -0.0462. The molecule has 0 spiro atoms. The van der Waals surface area contributed by atoms with Crippen molar-refractivity contribution in [1.82, 2.24) is 4.90 Å². The molecule has 1 N–H and O–H groups in total. The first-order valence-corrected chi connectivity index (χ1v) is 7.81. The second-order valence-corrected chi connectivity index (χ2v) is 5.91. The van der Waals surface area contributed by atoms with Crippen molar-refractivity contribution in [2.24, 2.45) is 0 Å². The Bertz CT molecular complexity index is 594. The highest BCUT2D eigenvalue weighted by Gasteiger charge is 2.27. The maximum atomic E-state index is 12.5. The van der Waals surface area contributed by atoms with Gasteiger partial charge in [0.2, 0.25) is 0 Å². The standard InChI is InChI=1S/C16H17NO3S/c18-10-14-11-20-8-7-17(14)16(19)13-5-3-12(4-6-13)15-2-1-9-21-15/h1-6,9,14,18H,7-8,10-11H2/t14-/m1/s1. The largest absolute Gasteiger partial charge is 0.394 e. The van der Waals surface area contributed by atoms with Crippen LogP contribution in [0.25, 0.3) is 10.4 Å². The van der Waals surface area contributed by atoms with Crippen LogP contribution in [-0.2, 0) is 4.74 Å². The zero-order chi connectivity index (χ0) is 14.7. The Morgan fingerprint density at radius 3 is 2.81 bits per heavy atom. The topological polar surface area (TPSA) is 49.8 Å². The average Bonchev–Trinajstić information content (AvgIpc) is 3.09. The lowest BCUT2D eigenvalue weighted by atomic mass is 10.1. The van der Waals surface area contributed by atoms with E-state index in [0.29, 0.717) is 25.3 Å². The third-order valence-corrected chi connectivity index (χ3v) is 4.56. The van der Waals surface area contributed by atoms with Gasteiger partial charge in [0, 0.05) is 17.0 Å². The minimum atomic E-state index is -0.247. The number of carbonyl (C=O) groups is 1. The van der Waals surface area contributed by atoms with E-state index in [4.69, 9.17) is 4.74 Å². The van der Waals surface area contributed by atoms with Crippen LogP contribution in [0.2, 0.25) is 0 Å². The van der Waals surface area contributed by atoms with Crippen molar-refractivity contribution in [3.63, 3.8) is 0 Å². The number of rotatable bonds is 3. The highest BCUT2D eigenvalue weighted by atomic mass is 32.1. The molecule has 2 heterocycles. The molecule has 5 heteroatoms. The summed E-state index contributed by atoms with van der Waals surface area (Å²) in [6.45, 7) is 1.38. The average molecular weight is 303 g/mol. The summed E-state index contributed by atoms with van der Waals surface area (Å²) < 4.78 is 5.30. The third kappa shape index (κ3) is 3.00. The van der Waals surface area contributed by atoms with Gasteiger partial charge in [0.25, 0.3) is 5.91 Å². The van der Waals surface area contributed by atoms with E-state index in [2.05, 4.69) is 6.07 Å². The Balaban J connectivity index is 1.78. The number of hydrogen-bond acceptors (Lipinski definition) is 4. The molecule has 1 fully saturated rings. The lowest BCUT2D eigenvalue weighted by Crippen LogP contribution is -2.50. The van der Waals surface area contributed by atoms with Crippen LogP contribution in [0.4, 0.5) is 0 Å². The molecule has 1 atom stereocenters. The SMILES string of the molecule is O=C(c1ccc(-c2cccs2)cc1)N1CCOC[C@H]1CO. The molecular weight excluding hydrogens is 286 g/mol. The van der Waals surface area contributed by atoms with Gasteiger partial charge in [-0.2, -0.15) is 0 Å². The van der Waals surface area contributed by atoms with Gasteiger partial charge in [-0.3, -0.25) is 4.79 Å². The van der Waals surface area contributed by atoms with Crippen molar-refractivity contribution in [2.75, 3.05) is 26.4 Å². The van der Waals surface area contributed by atoms with E-state index in [1.165, 1.54) is 4.88 Å². The number of ether oxygens (including phenoxy) is 1. The van der Waals surface area contributed by atoms with Crippen molar-refractivity contribution in [2.45, 2.75) is 6.04 Å². The van der Waals surface area contributed by atoms with Gasteiger partial charge in [-0.1, -0.05) is 18.2 Å². The van der Waals surface area contributed by atoms with Crippen LogP contribution in [0.3, 0.4) is 0 Å². The van der Waals surface area contributed by atoms with Crippen molar-refractivity contribution in [3.8, 4) is 10.4 Å². The number of hydrogen-bond donors (Lipinski definition) is 1. The normalized spacial score (nSPS) is 18.7. The van der Waals surface area contributed by atoms with Crippen LogP contribution in [0.1, 0.15) is 10.4 Å². The third-order valence-electron chi connectivity index (χ3n) is 3.64. The Morgan fingerprint density at radius 2 is 2.14 bits per heavy atom. The number of benzene rings is 1. The van der Waals surface area contributed by atoms with Crippen molar-refractivity contribution in [3.05, 3.63) is 47.3 Å². The van der Waals surface area contributed by atoms with E-state index in [1.54, 1.807) is 16.2 Å². The molecule has 1 aromatic heterocycles. The fourth-order valence-corrected chi connectivity index (χ4v) is 3.19. The van der Waals surface area contributed by atoms with Crippen LogP contribution < -0.4 is 0 Å². The van der Waals surface area contributed by atoms with E-state index in [1.807, 2.05) is 35.7 Å². The number of nitrogens with zero attached hydrogens (tertiary/aromatic N) is 1. The molecule has 1 aliphatic rings. The van der Waals surface area contributed by atoms with E-state index < -0.39 is 0 Å². The molecule has 1 aromatic carbocycles. The summed E-state index contributed by atoms with van der Waals surface area (Å²) in [5, 5.41) is 11.4. The Labute approximate surface area is 127 Å². The molecule has 4 nitrogen and oxygen atoms in total. The molecule has 0 bridgehead atoms. The number of amides is 1. The zero-order valence-electron chi connectivity index (χ0n) is 11.6. The van der Waals surface area contributed by atoms with E-state index in [-0.39, 0.29) is 18.6 Å². The van der Waals surface area contributed by atoms with E-state index in [0.717, 1.165) is 5.56 Å². The first-order chi connectivity index (χ1) is 10.3. The first kappa shape index (κ1) is 14.3. The number of thiophene rings is 1. The number of aliphatic hydroxyl groups is 1. The van der Waals surface area contributed by atoms with E-state index in [9.17, 15) is 9.90 Å². The molecule has 0 aliphatic carbocycles. The maximum Gasteiger partial charge on any atom is 0.254 e. The van der Waals surface area contributed by atoms with Gasteiger partial charge in [0.05, 0.1) is 25.9 Å². The molecule has 2 aromatic rings. The van der Waals surface area contributed by atoms with Crippen LogP contribution >= 0.6 is 11.3 Å². The Kier molecular flexibility index (Phi) is 4.34. The fourth-order valence-electron chi connectivity index (χ4n) is 2.46. The quantitative estimate of drug-likeness (QED) is 0.946. The number of morpholine rings is 1. The summed E-state index contributed by atoms with van der Waals surface area (Å²) in [4.78, 5) is 15.4. The number of aliphatic hydroxyl groups excluding tert-OH is 1. The second-order valence-electron chi connectivity index (χ2n) is 4.96. The Morgan fingerprint density at radius 1 is 1.33 bits per heavy atom. The van der Waals surface area contributed by atoms with Gasteiger partial charge >= 0.3 is 0 Å². The summed E-state index contributed by atoms with van der Waals surface area (Å²) >= 11 is 1.68. The highest BCUT2D eigenvalue weighted by molar-refractivity contribution is 7.13. The molecule has 3 rings (SSSR count). The molecule has 21 heavy (non-hydrogen) atoms. The van der Waals surface area contributed by atoms with Crippen molar-refractivity contribution < 1.29 is 14.6 Å². The molecule has 0 unspecified atom stereocenters. The van der Waals surface area contributed by atoms with Crippen LogP contribution in [0.15, 0.2) is 41.8 Å². The molecule has 1 saturated heterocycles. The highest BCUT2D eigenvalue weighted by Crippen LogP contribution is 2.25. The molecule has 1 aliphatic heterocycles. The minimum Gasteiger partial charge on any atom is -0.394 e. The predicted octanol–water partition coefficient (Wildman–Crippen LogP) is 2.25. The number of carbonyl (C=O) groups excluding carboxylic acids is 1. The predicted molar refractivity (Wildman–Crippen MR) is 82.5 cm³/mol. The lowest BCUT2D eigenvalue weighted by Gasteiger charge is -2.34. The molecule has 1 amide bonds. The minimum absolute atomic E-state index is 0.0462. The smallest absolute Gasteiger partial charge is 0.254 e. The maximum absolute atomic E-state index is 12.5.